The number of rotatable bonds is 3. The zero-order valence-electron chi connectivity index (χ0n) is 10.9. The largest absolute Gasteiger partial charge is 0.392 e. The summed E-state index contributed by atoms with van der Waals surface area (Å²) in [5.74, 6) is 0. The van der Waals surface area contributed by atoms with Crippen LogP contribution in [0.2, 0.25) is 5.02 Å². The third kappa shape index (κ3) is 2.67. The zero-order valence-corrected chi connectivity index (χ0v) is 12.4. The minimum atomic E-state index is -0.273. The zero-order chi connectivity index (χ0) is 14.1. The van der Waals surface area contributed by atoms with Crippen LogP contribution in [0.5, 0.6) is 0 Å². The Morgan fingerprint density at radius 1 is 1.45 bits per heavy atom. The van der Waals surface area contributed by atoms with E-state index in [2.05, 4.69) is 9.88 Å². The molecule has 6 heteroatoms. The number of halogens is 1. The third-order valence-electron chi connectivity index (χ3n) is 3.57. The van der Waals surface area contributed by atoms with Crippen molar-refractivity contribution in [1.82, 2.24) is 9.88 Å². The number of benzene rings is 1. The lowest BCUT2D eigenvalue weighted by atomic mass is 10.0. The van der Waals surface area contributed by atoms with Crippen LogP contribution >= 0.6 is 22.9 Å². The topological polar surface area (TPSA) is 62.4 Å². The number of aliphatic hydroxyl groups excluding tert-OH is 1. The van der Waals surface area contributed by atoms with Gasteiger partial charge >= 0.3 is 0 Å². The van der Waals surface area contributed by atoms with Crippen molar-refractivity contribution in [2.24, 2.45) is 0 Å². The van der Waals surface area contributed by atoms with Crippen molar-refractivity contribution in [3.05, 3.63) is 45.9 Å². The number of β-amino-alcohol motifs (C(OH)–C–C–N with tert-alkyl or cyclic N) is 1. The van der Waals surface area contributed by atoms with Crippen LogP contribution in [-0.2, 0) is 0 Å². The van der Waals surface area contributed by atoms with Crippen molar-refractivity contribution in [3.8, 4) is 0 Å². The molecule has 20 heavy (non-hydrogen) atoms. The van der Waals surface area contributed by atoms with Crippen LogP contribution in [-0.4, -0.2) is 34.2 Å². The molecule has 1 aromatic heterocycles. The van der Waals surface area contributed by atoms with Crippen molar-refractivity contribution in [2.75, 3.05) is 18.8 Å². The van der Waals surface area contributed by atoms with E-state index in [4.69, 9.17) is 17.3 Å². The van der Waals surface area contributed by atoms with Gasteiger partial charge in [0.1, 0.15) is 0 Å². The standard InChI is InChI=1S/C14H16ClN3OS/c15-11-4-2-1-3-10(11)13(12-7-17-14(16)20-12)18-6-5-9(19)8-18/h1-4,7,9,13,19H,5-6,8H2,(H2,16,17)/t9-,13?/m1/s1. The van der Waals surface area contributed by atoms with Crippen molar-refractivity contribution >= 4 is 28.1 Å². The van der Waals surface area contributed by atoms with Gasteiger partial charge in [-0.2, -0.15) is 0 Å². The van der Waals surface area contributed by atoms with E-state index < -0.39 is 0 Å². The number of likely N-dealkylation sites (tertiary alicyclic amines) is 1. The normalized spacial score (nSPS) is 21.2. The molecular formula is C14H16ClN3OS. The van der Waals surface area contributed by atoms with E-state index >= 15 is 0 Å². The molecule has 0 amide bonds. The van der Waals surface area contributed by atoms with Crippen molar-refractivity contribution < 1.29 is 5.11 Å². The second-order valence-corrected chi connectivity index (χ2v) is 6.46. The van der Waals surface area contributed by atoms with Crippen LogP contribution < -0.4 is 5.73 Å². The number of nitrogens with two attached hydrogens (primary N) is 1. The summed E-state index contributed by atoms with van der Waals surface area (Å²) in [5, 5.41) is 11.1. The van der Waals surface area contributed by atoms with E-state index in [1.165, 1.54) is 11.3 Å². The molecule has 106 valence electrons. The maximum absolute atomic E-state index is 9.81. The smallest absolute Gasteiger partial charge is 0.180 e. The molecule has 0 saturated carbocycles. The Bertz CT molecular complexity index is 604. The Hall–Kier alpha value is -1.14. The summed E-state index contributed by atoms with van der Waals surface area (Å²) < 4.78 is 0. The van der Waals surface area contributed by atoms with Gasteiger partial charge in [0, 0.05) is 29.2 Å². The summed E-state index contributed by atoms with van der Waals surface area (Å²) >= 11 is 7.83. The van der Waals surface area contributed by atoms with Gasteiger partial charge in [-0.05, 0) is 18.1 Å². The molecule has 2 aromatic rings. The number of aliphatic hydroxyl groups is 1. The van der Waals surface area contributed by atoms with Gasteiger partial charge in [0.2, 0.25) is 0 Å². The summed E-state index contributed by atoms with van der Waals surface area (Å²) in [7, 11) is 0. The summed E-state index contributed by atoms with van der Waals surface area (Å²) in [6.07, 6.45) is 2.32. The molecule has 2 heterocycles. The molecule has 0 radical (unpaired) electrons. The highest BCUT2D eigenvalue weighted by Gasteiger charge is 2.31. The average Bonchev–Trinajstić information content (AvgIpc) is 3.02. The highest BCUT2D eigenvalue weighted by molar-refractivity contribution is 7.15. The molecule has 0 spiro atoms. The maximum atomic E-state index is 9.81. The number of thiazole rings is 1. The molecule has 1 aliphatic rings. The van der Waals surface area contributed by atoms with Crippen LogP contribution in [0.25, 0.3) is 0 Å². The number of hydrogen-bond donors (Lipinski definition) is 2. The molecule has 0 bridgehead atoms. The maximum Gasteiger partial charge on any atom is 0.180 e. The van der Waals surface area contributed by atoms with Crippen LogP contribution in [0.15, 0.2) is 30.5 Å². The van der Waals surface area contributed by atoms with Crippen LogP contribution in [0.4, 0.5) is 5.13 Å². The van der Waals surface area contributed by atoms with Gasteiger partial charge in [-0.15, -0.1) is 11.3 Å². The summed E-state index contributed by atoms with van der Waals surface area (Å²) in [5.41, 5.74) is 6.80. The van der Waals surface area contributed by atoms with Gasteiger partial charge in [0.05, 0.1) is 12.1 Å². The molecule has 1 unspecified atom stereocenters. The SMILES string of the molecule is Nc1ncc(C(c2ccccc2Cl)N2CC[C@@H](O)C2)s1. The summed E-state index contributed by atoms with van der Waals surface area (Å²) in [6.45, 7) is 1.49. The highest BCUT2D eigenvalue weighted by atomic mass is 35.5. The molecule has 3 N–H and O–H groups in total. The van der Waals surface area contributed by atoms with Gasteiger partial charge < -0.3 is 10.8 Å². The number of anilines is 1. The first-order chi connectivity index (χ1) is 9.65. The van der Waals surface area contributed by atoms with E-state index in [0.29, 0.717) is 11.7 Å². The fourth-order valence-electron chi connectivity index (χ4n) is 2.66. The number of aromatic nitrogens is 1. The predicted molar refractivity (Wildman–Crippen MR) is 82.0 cm³/mol. The van der Waals surface area contributed by atoms with Gasteiger partial charge in [-0.25, -0.2) is 4.98 Å². The molecule has 2 atom stereocenters. The van der Waals surface area contributed by atoms with Crippen LogP contribution in [0.3, 0.4) is 0 Å². The van der Waals surface area contributed by atoms with E-state index in [0.717, 1.165) is 28.4 Å². The lowest BCUT2D eigenvalue weighted by molar-refractivity contribution is 0.167. The van der Waals surface area contributed by atoms with Gasteiger partial charge in [-0.1, -0.05) is 29.8 Å². The fourth-order valence-corrected chi connectivity index (χ4v) is 3.74. The first kappa shape index (κ1) is 13.8. The molecule has 1 aromatic carbocycles. The Balaban J connectivity index is 2.02. The number of nitrogen functional groups attached to an aromatic ring is 1. The lowest BCUT2D eigenvalue weighted by Gasteiger charge is -2.27. The second-order valence-electron chi connectivity index (χ2n) is 4.96. The summed E-state index contributed by atoms with van der Waals surface area (Å²) in [4.78, 5) is 7.44. The molecule has 4 nitrogen and oxygen atoms in total. The van der Waals surface area contributed by atoms with Gasteiger partial charge in [0.25, 0.3) is 0 Å². The Kier molecular flexibility index (Phi) is 3.94. The fraction of sp³-hybridized carbons (Fsp3) is 0.357. The first-order valence-electron chi connectivity index (χ1n) is 6.53. The van der Waals surface area contributed by atoms with Gasteiger partial charge in [0.15, 0.2) is 5.13 Å². The molecule has 3 rings (SSSR count). The van der Waals surface area contributed by atoms with E-state index in [9.17, 15) is 5.11 Å². The monoisotopic (exact) mass is 309 g/mol. The quantitative estimate of drug-likeness (QED) is 0.914. The first-order valence-corrected chi connectivity index (χ1v) is 7.72. The van der Waals surface area contributed by atoms with Crippen LogP contribution in [0, 0.1) is 0 Å². The second kappa shape index (κ2) is 5.69. The molecule has 1 aliphatic heterocycles. The molecule has 0 aliphatic carbocycles. The Labute approximate surface area is 126 Å². The molecule has 1 fully saturated rings. The third-order valence-corrected chi connectivity index (χ3v) is 4.79. The van der Waals surface area contributed by atoms with E-state index in [-0.39, 0.29) is 12.1 Å². The van der Waals surface area contributed by atoms with Crippen LogP contribution in [0.1, 0.15) is 22.9 Å². The summed E-state index contributed by atoms with van der Waals surface area (Å²) in [6, 6.07) is 7.82. The van der Waals surface area contributed by atoms with Gasteiger partial charge in [-0.3, -0.25) is 4.90 Å². The minimum absolute atomic E-state index is 0.00986. The molecular weight excluding hydrogens is 294 g/mol. The predicted octanol–water partition coefficient (Wildman–Crippen LogP) is 2.53. The lowest BCUT2D eigenvalue weighted by Crippen LogP contribution is -2.28. The number of nitrogens with zero attached hydrogens (tertiary/aromatic N) is 2. The molecule has 1 saturated heterocycles. The number of hydrogen-bond acceptors (Lipinski definition) is 5. The van der Waals surface area contributed by atoms with Crippen molar-refractivity contribution in [1.29, 1.82) is 0 Å². The van der Waals surface area contributed by atoms with Crippen molar-refractivity contribution in [3.63, 3.8) is 0 Å². The Morgan fingerprint density at radius 2 is 2.25 bits per heavy atom. The van der Waals surface area contributed by atoms with Crippen molar-refractivity contribution in [2.45, 2.75) is 18.6 Å². The highest BCUT2D eigenvalue weighted by Crippen LogP contribution is 2.38. The average molecular weight is 310 g/mol. The minimum Gasteiger partial charge on any atom is -0.392 e. The Morgan fingerprint density at radius 3 is 2.85 bits per heavy atom. The van der Waals surface area contributed by atoms with E-state index in [1.54, 1.807) is 6.20 Å². The van der Waals surface area contributed by atoms with E-state index in [1.807, 2.05) is 24.3 Å².